The molecule has 2 aromatic heterocycles. The van der Waals surface area contributed by atoms with E-state index in [2.05, 4.69) is 83.4 Å². The number of pyridine rings is 1. The predicted molar refractivity (Wildman–Crippen MR) is 161 cm³/mol. The van der Waals surface area contributed by atoms with Crippen LogP contribution in [0.15, 0.2) is 133 Å². The second-order valence-corrected chi connectivity index (χ2v) is 9.98. The van der Waals surface area contributed by atoms with Crippen molar-refractivity contribution in [1.82, 2.24) is 14.5 Å². The van der Waals surface area contributed by atoms with Gasteiger partial charge in [-0.05, 0) is 47.0 Å². The van der Waals surface area contributed by atoms with Gasteiger partial charge in [-0.3, -0.25) is 4.57 Å². The molecule has 8 rings (SSSR count). The average molecular weight is 514 g/mol. The molecular weight excluding hydrogens is 490 g/mol. The Kier molecular flexibility index (Phi) is 4.94. The Labute approximate surface area is 231 Å². The third-order valence-electron chi connectivity index (χ3n) is 7.70. The zero-order valence-corrected chi connectivity index (χ0v) is 21.5. The summed E-state index contributed by atoms with van der Waals surface area (Å²) >= 11 is 0. The number of fused-ring (bicyclic) bond motifs is 10. The molecule has 0 bridgehead atoms. The minimum absolute atomic E-state index is 0.203. The quantitative estimate of drug-likeness (QED) is 0.251. The summed E-state index contributed by atoms with van der Waals surface area (Å²) in [4.78, 5) is 10.3. The summed E-state index contributed by atoms with van der Waals surface area (Å²) in [5.41, 5.74) is 11.6. The molecule has 0 unspecified atom stereocenters. The smallest absolute Gasteiger partial charge is 0.150 e. The third-order valence-corrected chi connectivity index (χ3v) is 7.70. The SMILES string of the molecule is Oc1cccc2c1-c1nc3c(-c4cccc(-c5ccccc5)n4)cccc3n1-c1ccccc1-c1ccccc1-2. The number of para-hydroxylation sites is 2. The van der Waals surface area contributed by atoms with E-state index in [0.29, 0.717) is 5.82 Å². The van der Waals surface area contributed by atoms with E-state index < -0.39 is 0 Å². The van der Waals surface area contributed by atoms with Crippen LogP contribution in [0.1, 0.15) is 0 Å². The van der Waals surface area contributed by atoms with Crippen LogP contribution in [0.4, 0.5) is 0 Å². The van der Waals surface area contributed by atoms with Crippen LogP contribution in [0.3, 0.4) is 0 Å². The molecule has 3 heterocycles. The average Bonchev–Trinajstić information content (AvgIpc) is 3.39. The van der Waals surface area contributed by atoms with Crippen molar-refractivity contribution in [2.45, 2.75) is 0 Å². The van der Waals surface area contributed by atoms with Gasteiger partial charge in [-0.15, -0.1) is 0 Å². The van der Waals surface area contributed by atoms with Crippen LogP contribution in [-0.4, -0.2) is 19.6 Å². The van der Waals surface area contributed by atoms with Gasteiger partial charge in [0.05, 0.1) is 33.7 Å². The maximum absolute atomic E-state index is 11.3. The van der Waals surface area contributed by atoms with Crippen molar-refractivity contribution in [2.24, 2.45) is 0 Å². The van der Waals surface area contributed by atoms with Gasteiger partial charge in [0, 0.05) is 16.7 Å². The Balaban J connectivity index is 1.47. The van der Waals surface area contributed by atoms with Crippen LogP contribution in [0.5, 0.6) is 5.75 Å². The Morgan fingerprint density at radius 3 is 1.95 bits per heavy atom. The number of phenolic OH excluding ortho intramolecular Hbond substituents is 1. The van der Waals surface area contributed by atoms with E-state index >= 15 is 0 Å². The van der Waals surface area contributed by atoms with Crippen LogP contribution >= 0.6 is 0 Å². The summed E-state index contributed by atoms with van der Waals surface area (Å²) in [5.74, 6) is 0.908. The summed E-state index contributed by atoms with van der Waals surface area (Å²) in [6.07, 6.45) is 0. The molecule has 7 aromatic rings. The summed E-state index contributed by atoms with van der Waals surface area (Å²) < 4.78 is 2.18. The maximum Gasteiger partial charge on any atom is 0.150 e. The first-order chi connectivity index (χ1) is 19.8. The third kappa shape index (κ3) is 3.33. The molecule has 1 aliphatic rings. The van der Waals surface area contributed by atoms with E-state index in [1.807, 2.05) is 48.5 Å². The van der Waals surface area contributed by atoms with Crippen LogP contribution in [0, 0.1) is 0 Å². The van der Waals surface area contributed by atoms with Gasteiger partial charge in [-0.25, -0.2) is 9.97 Å². The van der Waals surface area contributed by atoms with Crippen molar-refractivity contribution in [3.8, 4) is 67.6 Å². The first-order valence-corrected chi connectivity index (χ1v) is 13.3. The summed E-state index contributed by atoms with van der Waals surface area (Å²) in [7, 11) is 0. The van der Waals surface area contributed by atoms with Gasteiger partial charge < -0.3 is 5.11 Å². The van der Waals surface area contributed by atoms with Gasteiger partial charge in [0.25, 0.3) is 0 Å². The molecule has 1 N–H and O–H groups in total. The molecule has 0 radical (unpaired) electrons. The highest BCUT2D eigenvalue weighted by Crippen LogP contribution is 2.48. The first-order valence-electron chi connectivity index (χ1n) is 13.3. The Morgan fingerprint density at radius 2 is 1.10 bits per heavy atom. The standard InChI is InChI=1S/C36H23N3O/c40-33-22-9-16-27-25-14-5-4-13-24(25)26-15-6-7-20-31(26)39-32-21-8-17-28(35(32)38-36(39)34(27)33)30-19-10-18-29(37-30)23-11-2-1-3-12-23/h1-22,40H. The predicted octanol–water partition coefficient (Wildman–Crippen LogP) is 8.77. The fraction of sp³-hybridized carbons (Fsp3) is 0. The lowest BCUT2D eigenvalue weighted by Crippen LogP contribution is -2.04. The highest BCUT2D eigenvalue weighted by atomic mass is 16.3. The van der Waals surface area contributed by atoms with Crippen molar-refractivity contribution in [1.29, 1.82) is 0 Å². The van der Waals surface area contributed by atoms with Crippen molar-refractivity contribution in [2.75, 3.05) is 0 Å². The number of benzene rings is 5. The largest absolute Gasteiger partial charge is 0.507 e. The fourth-order valence-corrected chi connectivity index (χ4v) is 5.92. The van der Waals surface area contributed by atoms with Crippen LogP contribution in [0.25, 0.3) is 72.9 Å². The van der Waals surface area contributed by atoms with E-state index in [0.717, 1.165) is 67.1 Å². The van der Waals surface area contributed by atoms with Crippen LogP contribution < -0.4 is 0 Å². The van der Waals surface area contributed by atoms with Gasteiger partial charge >= 0.3 is 0 Å². The molecule has 0 fully saturated rings. The zero-order valence-electron chi connectivity index (χ0n) is 21.5. The number of phenols is 1. The highest BCUT2D eigenvalue weighted by Gasteiger charge is 2.27. The lowest BCUT2D eigenvalue weighted by molar-refractivity contribution is 0.477. The number of hydrogen-bond donors (Lipinski definition) is 1. The number of aromatic hydroxyl groups is 1. The Morgan fingerprint density at radius 1 is 0.475 bits per heavy atom. The minimum atomic E-state index is 0.203. The Hall–Kier alpha value is -5.48. The van der Waals surface area contributed by atoms with E-state index in [9.17, 15) is 5.11 Å². The summed E-state index contributed by atoms with van der Waals surface area (Å²) in [6, 6.07) is 45.1. The summed E-state index contributed by atoms with van der Waals surface area (Å²) in [6.45, 7) is 0. The molecule has 4 heteroatoms. The van der Waals surface area contributed by atoms with Gasteiger partial charge in [0.1, 0.15) is 11.6 Å². The number of rotatable bonds is 2. The molecule has 0 saturated heterocycles. The van der Waals surface area contributed by atoms with Crippen molar-refractivity contribution in [3.63, 3.8) is 0 Å². The van der Waals surface area contributed by atoms with Crippen molar-refractivity contribution in [3.05, 3.63) is 133 Å². The van der Waals surface area contributed by atoms with Crippen molar-refractivity contribution >= 4 is 11.0 Å². The topological polar surface area (TPSA) is 50.9 Å². The number of imidazole rings is 1. The monoisotopic (exact) mass is 513 g/mol. The normalized spacial score (nSPS) is 11.6. The molecule has 0 saturated carbocycles. The first kappa shape index (κ1) is 22.5. The van der Waals surface area contributed by atoms with Gasteiger partial charge in [0.15, 0.2) is 0 Å². The number of hydrogen-bond acceptors (Lipinski definition) is 3. The van der Waals surface area contributed by atoms with Crippen LogP contribution in [0.2, 0.25) is 0 Å². The summed E-state index contributed by atoms with van der Waals surface area (Å²) in [5, 5.41) is 11.3. The number of nitrogens with zero attached hydrogens (tertiary/aromatic N) is 3. The lowest BCUT2D eigenvalue weighted by atomic mass is 9.89. The molecule has 4 nitrogen and oxygen atoms in total. The molecule has 0 spiro atoms. The molecule has 1 aliphatic heterocycles. The van der Waals surface area contributed by atoms with E-state index in [1.165, 1.54) is 0 Å². The molecule has 40 heavy (non-hydrogen) atoms. The number of aromatic nitrogens is 3. The Bertz CT molecular complexity index is 2070. The van der Waals surface area contributed by atoms with Gasteiger partial charge in [-0.2, -0.15) is 0 Å². The van der Waals surface area contributed by atoms with E-state index in [4.69, 9.17) is 9.97 Å². The molecule has 5 aromatic carbocycles. The molecule has 0 aliphatic carbocycles. The minimum Gasteiger partial charge on any atom is -0.507 e. The van der Waals surface area contributed by atoms with Crippen molar-refractivity contribution < 1.29 is 5.11 Å². The van der Waals surface area contributed by atoms with Crippen LogP contribution in [-0.2, 0) is 0 Å². The fourth-order valence-electron chi connectivity index (χ4n) is 5.92. The second kappa shape index (κ2) is 8.79. The zero-order chi connectivity index (χ0) is 26.6. The van der Waals surface area contributed by atoms with E-state index in [-0.39, 0.29) is 5.75 Å². The highest BCUT2D eigenvalue weighted by molar-refractivity contribution is 6.02. The van der Waals surface area contributed by atoms with E-state index in [1.54, 1.807) is 6.07 Å². The molecular formula is C36H23N3O. The molecule has 0 atom stereocenters. The van der Waals surface area contributed by atoms with Gasteiger partial charge in [-0.1, -0.05) is 103 Å². The van der Waals surface area contributed by atoms with Gasteiger partial charge in [0.2, 0.25) is 0 Å². The maximum atomic E-state index is 11.3. The molecule has 188 valence electrons. The second-order valence-electron chi connectivity index (χ2n) is 9.98. The lowest BCUT2D eigenvalue weighted by Gasteiger charge is -2.22. The molecule has 0 amide bonds.